The highest BCUT2D eigenvalue weighted by Gasteiger charge is 2.32. The third-order valence-corrected chi connectivity index (χ3v) is 8.05. The van der Waals surface area contributed by atoms with Crippen LogP contribution in [0.3, 0.4) is 0 Å². The fourth-order valence-corrected chi connectivity index (χ4v) is 5.94. The molecule has 4 aromatic rings. The number of esters is 1. The van der Waals surface area contributed by atoms with E-state index in [9.17, 15) is 18.8 Å². The van der Waals surface area contributed by atoms with Crippen LogP contribution in [0.4, 0.5) is 4.39 Å². The van der Waals surface area contributed by atoms with Crippen LogP contribution in [-0.2, 0) is 9.59 Å². The lowest BCUT2D eigenvalue weighted by Crippen LogP contribution is -2.31. The lowest BCUT2D eigenvalue weighted by Gasteiger charge is -2.14. The van der Waals surface area contributed by atoms with Crippen LogP contribution >= 0.6 is 51.2 Å². The van der Waals surface area contributed by atoms with Gasteiger partial charge in [0.2, 0.25) is 0 Å². The van der Waals surface area contributed by atoms with Gasteiger partial charge in [0.1, 0.15) is 15.9 Å². The van der Waals surface area contributed by atoms with Gasteiger partial charge >= 0.3 is 10.9 Å². The van der Waals surface area contributed by atoms with E-state index in [4.69, 9.17) is 21.4 Å². The molecule has 186 valence electrons. The Balaban J connectivity index is 1.30. The number of nitrogens with zero attached hydrogens (tertiary/aromatic N) is 1. The second-order valence-electron chi connectivity index (χ2n) is 7.87. The van der Waals surface area contributed by atoms with Gasteiger partial charge in [0.25, 0.3) is 5.91 Å². The van der Waals surface area contributed by atoms with Gasteiger partial charge in [-0.05, 0) is 47.5 Å². The molecule has 0 bridgehead atoms. The van der Waals surface area contributed by atoms with Crippen LogP contribution in [0.2, 0.25) is 0 Å². The molecule has 5 rings (SSSR count). The molecule has 1 aliphatic heterocycles. The highest BCUT2D eigenvalue weighted by atomic mass is 79.9. The van der Waals surface area contributed by atoms with Crippen molar-refractivity contribution in [3.8, 4) is 16.9 Å². The molecule has 0 spiro atoms. The molecular formula is C26H15BrFNO5S3. The van der Waals surface area contributed by atoms with E-state index in [0.29, 0.717) is 30.6 Å². The summed E-state index contributed by atoms with van der Waals surface area (Å²) in [7, 11) is 0. The van der Waals surface area contributed by atoms with E-state index in [2.05, 4.69) is 15.9 Å². The maximum atomic E-state index is 13.1. The summed E-state index contributed by atoms with van der Waals surface area (Å²) in [5.41, 5.74) is 2.50. The fourth-order valence-electron chi connectivity index (χ4n) is 3.64. The molecule has 2 heterocycles. The quantitative estimate of drug-likeness (QED) is 0.104. The summed E-state index contributed by atoms with van der Waals surface area (Å²) in [6.07, 6.45) is 1.54. The predicted molar refractivity (Wildman–Crippen MR) is 150 cm³/mol. The van der Waals surface area contributed by atoms with Gasteiger partial charge in [-0.2, -0.15) is 0 Å². The predicted octanol–water partition coefficient (Wildman–Crippen LogP) is 6.62. The van der Waals surface area contributed by atoms with Crippen molar-refractivity contribution >= 4 is 83.8 Å². The lowest BCUT2D eigenvalue weighted by molar-refractivity contribution is -0.134. The van der Waals surface area contributed by atoms with Gasteiger partial charge in [-0.15, -0.1) is 0 Å². The molecule has 0 atom stereocenters. The molecule has 3 aromatic carbocycles. The first-order valence-corrected chi connectivity index (χ1v) is 13.7. The maximum Gasteiger partial charge on any atom is 0.396 e. The molecule has 1 aliphatic rings. The number of carbonyl (C=O) groups excluding carboxylic acids is 2. The van der Waals surface area contributed by atoms with Gasteiger partial charge in [0.05, 0.1) is 16.0 Å². The number of thioether (sulfide) groups is 1. The normalized spacial score (nSPS) is 14.6. The van der Waals surface area contributed by atoms with Gasteiger partial charge in [0.15, 0.2) is 5.58 Å². The second kappa shape index (κ2) is 10.7. The SMILES string of the molecule is O=C(CCN1C(=O)/C(=C/c2ccc(F)cc2)SC1=S)Oc1cc(-c2ccc(Br)cc2)c2oc(=O)sc2c1. The van der Waals surface area contributed by atoms with Crippen LogP contribution < -0.4 is 9.68 Å². The molecule has 0 saturated carbocycles. The first kappa shape index (κ1) is 25.5. The summed E-state index contributed by atoms with van der Waals surface area (Å²) in [5, 5.41) is 0. The number of thiocarbonyl (C=S) groups is 1. The minimum absolute atomic E-state index is 0.0467. The molecule has 0 N–H and O–H groups in total. The van der Waals surface area contributed by atoms with E-state index in [1.165, 1.54) is 17.0 Å². The molecule has 1 saturated heterocycles. The zero-order valence-electron chi connectivity index (χ0n) is 18.7. The largest absolute Gasteiger partial charge is 0.426 e. The summed E-state index contributed by atoms with van der Waals surface area (Å²) < 4.78 is 25.8. The molecule has 1 fully saturated rings. The van der Waals surface area contributed by atoms with Crippen LogP contribution in [0, 0.1) is 5.82 Å². The van der Waals surface area contributed by atoms with Gasteiger partial charge in [0, 0.05) is 22.6 Å². The van der Waals surface area contributed by atoms with E-state index < -0.39 is 10.9 Å². The number of hydrogen-bond donors (Lipinski definition) is 0. The molecule has 0 aliphatic carbocycles. The number of rotatable bonds is 6. The van der Waals surface area contributed by atoms with Crippen molar-refractivity contribution < 1.29 is 23.1 Å². The zero-order valence-corrected chi connectivity index (χ0v) is 22.8. The summed E-state index contributed by atoms with van der Waals surface area (Å²) in [5.74, 6) is -0.995. The minimum Gasteiger partial charge on any atom is -0.426 e. The molecule has 0 unspecified atom stereocenters. The number of halogens is 2. The van der Waals surface area contributed by atoms with Gasteiger partial charge in [-0.3, -0.25) is 14.5 Å². The number of fused-ring (bicyclic) bond motifs is 1. The molecule has 1 amide bonds. The van der Waals surface area contributed by atoms with E-state index in [1.807, 2.05) is 24.3 Å². The average Bonchev–Trinajstić information content (AvgIpc) is 3.37. The van der Waals surface area contributed by atoms with Crippen LogP contribution in [-0.4, -0.2) is 27.6 Å². The fraction of sp³-hybridized carbons (Fsp3) is 0.0769. The Morgan fingerprint density at radius 2 is 1.84 bits per heavy atom. The lowest BCUT2D eigenvalue weighted by atomic mass is 10.0. The van der Waals surface area contributed by atoms with Crippen LogP contribution in [0.1, 0.15) is 12.0 Å². The van der Waals surface area contributed by atoms with Gasteiger partial charge < -0.3 is 9.15 Å². The molecule has 1 aromatic heterocycles. The summed E-state index contributed by atoms with van der Waals surface area (Å²) in [4.78, 5) is 38.7. The first-order valence-electron chi connectivity index (χ1n) is 10.8. The van der Waals surface area contributed by atoms with Crippen molar-refractivity contribution in [3.05, 3.63) is 91.2 Å². The zero-order chi connectivity index (χ0) is 26.1. The Hall–Kier alpha value is -3.12. The smallest absolute Gasteiger partial charge is 0.396 e. The Kier molecular flexibility index (Phi) is 7.38. The molecular weight excluding hydrogens is 601 g/mol. The monoisotopic (exact) mass is 615 g/mol. The minimum atomic E-state index is -0.562. The average molecular weight is 617 g/mol. The van der Waals surface area contributed by atoms with Crippen LogP contribution in [0.5, 0.6) is 5.75 Å². The Morgan fingerprint density at radius 1 is 1.11 bits per heavy atom. The topological polar surface area (TPSA) is 76.8 Å². The third-order valence-electron chi connectivity index (χ3n) is 5.37. The molecule has 11 heteroatoms. The third kappa shape index (κ3) is 5.74. The number of hydrogen-bond acceptors (Lipinski definition) is 8. The standard InChI is InChI=1S/C26H15BrFNO5S3/c27-16-5-3-15(4-6-16)19-12-18(13-20-23(19)34-26(32)37-20)33-22(30)9-10-29-24(31)21(36-25(29)35)11-14-1-7-17(28)8-2-14/h1-8,11-13H,9-10H2/b21-11-. The van der Waals surface area contributed by atoms with Crippen LogP contribution in [0.15, 0.2) is 79.3 Å². The van der Waals surface area contributed by atoms with Crippen molar-refractivity contribution in [1.82, 2.24) is 4.90 Å². The molecule has 6 nitrogen and oxygen atoms in total. The summed E-state index contributed by atoms with van der Waals surface area (Å²) in [6.45, 7) is 0.0467. The van der Waals surface area contributed by atoms with E-state index >= 15 is 0 Å². The molecule has 37 heavy (non-hydrogen) atoms. The first-order chi connectivity index (χ1) is 17.8. The highest BCUT2D eigenvalue weighted by Crippen LogP contribution is 2.36. The maximum absolute atomic E-state index is 13.1. The Bertz CT molecular complexity index is 1630. The van der Waals surface area contributed by atoms with Gasteiger partial charge in [-0.25, -0.2) is 9.18 Å². The Labute approximate surface area is 231 Å². The van der Waals surface area contributed by atoms with Crippen molar-refractivity contribution in [2.24, 2.45) is 0 Å². The van der Waals surface area contributed by atoms with E-state index in [1.54, 1.807) is 30.3 Å². The van der Waals surface area contributed by atoms with Crippen molar-refractivity contribution in [3.63, 3.8) is 0 Å². The summed E-state index contributed by atoms with van der Waals surface area (Å²) in [6, 6.07) is 16.4. The van der Waals surface area contributed by atoms with E-state index in [-0.39, 0.29) is 30.4 Å². The Morgan fingerprint density at radius 3 is 2.57 bits per heavy atom. The van der Waals surface area contributed by atoms with Gasteiger partial charge in [-0.1, -0.05) is 75.5 Å². The summed E-state index contributed by atoms with van der Waals surface area (Å²) >= 11 is 10.8. The highest BCUT2D eigenvalue weighted by molar-refractivity contribution is 9.10. The van der Waals surface area contributed by atoms with Crippen LogP contribution in [0.25, 0.3) is 27.5 Å². The second-order valence-corrected chi connectivity index (χ2v) is 11.4. The van der Waals surface area contributed by atoms with Crippen molar-refractivity contribution in [2.45, 2.75) is 6.42 Å². The number of benzene rings is 3. The number of amides is 1. The van der Waals surface area contributed by atoms with Crippen molar-refractivity contribution in [1.29, 1.82) is 0 Å². The van der Waals surface area contributed by atoms with E-state index in [0.717, 1.165) is 33.1 Å². The number of carbonyl (C=O) groups is 2. The number of ether oxygens (including phenoxy) is 1. The molecule has 0 radical (unpaired) electrons. The van der Waals surface area contributed by atoms with Crippen molar-refractivity contribution in [2.75, 3.05) is 6.54 Å².